The van der Waals surface area contributed by atoms with Crippen molar-refractivity contribution in [3.05, 3.63) is 101 Å². The number of ether oxygens (including phenoxy) is 1. The first-order valence-electron chi connectivity index (χ1n) is 12.3. The number of fused-ring (bicyclic) bond motifs is 3. The van der Waals surface area contributed by atoms with Gasteiger partial charge in [-0.15, -0.1) is 0 Å². The summed E-state index contributed by atoms with van der Waals surface area (Å²) in [6, 6.07) is 18.2. The summed E-state index contributed by atoms with van der Waals surface area (Å²) in [4.78, 5) is 25.2. The van der Waals surface area contributed by atoms with E-state index in [1.165, 1.54) is 11.1 Å². The van der Waals surface area contributed by atoms with Crippen LogP contribution in [-0.2, 0) is 0 Å². The van der Waals surface area contributed by atoms with E-state index in [0.717, 1.165) is 46.4 Å². The lowest BCUT2D eigenvalue weighted by Gasteiger charge is -2.28. The zero-order valence-corrected chi connectivity index (χ0v) is 20.4. The molecule has 1 N–H and O–H groups in total. The molecule has 6 nitrogen and oxygen atoms in total. The monoisotopic (exact) mass is 476 g/mol. The van der Waals surface area contributed by atoms with Gasteiger partial charge >= 0.3 is 0 Å². The van der Waals surface area contributed by atoms with Gasteiger partial charge < -0.3 is 15.0 Å². The molecule has 0 radical (unpaired) electrons. The van der Waals surface area contributed by atoms with Crippen molar-refractivity contribution in [2.45, 2.75) is 24.8 Å². The van der Waals surface area contributed by atoms with Crippen LogP contribution in [0.1, 0.15) is 57.5 Å². The van der Waals surface area contributed by atoms with Gasteiger partial charge in [0.05, 0.1) is 35.1 Å². The Morgan fingerprint density at radius 3 is 2.69 bits per heavy atom. The number of hydrogen-bond donors (Lipinski definition) is 1. The quantitative estimate of drug-likeness (QED) is 0.421. The van der Waals surface area contributed by atoms with E-state index in [0.29, 0.717) is 12.2 Å². The molecular formula is C30H28N4O2. The minimum Gasteiger partial charge on any atom is -0.493 e. The van der Waals surface area contributed by atoms with Crippen LogP contribution in [0.15, 0.2) is 73.1 Å². The Kier molecular flexibility index (Phi) is 5.64. The van der Waals surface area contributed by atoms with E-state index in [1.54, 1.807) is 6.20 Å². The third-order valence-corrected chi connectivity index (χ3v) is 7.11. The van der Waals surface area contributed by atoms with Crippen LogP contribution >= 0.6 is 0 Å². The van der Waals surface area contributed by atoms with Crippen molar-refractivity contribution >= 4 is 28.6 Å². The maximum Gasteiger partial charge on any atom is 0.255 e. The Labute approximate surface area is 210 Å². The average molecular weight is 477 g/mol. The standard InChI is InChI=1S/C30H28N4O2/c1-34(2)29-23-14-16-31-27(21-12-7-9-19-8-3-4-10-20(19)21)28(23)32-18-24(29)30(35)33-25-15-17-36-26-13-6-5-11-22(25)26/h3-11,13-14,16,18,21,25H,12,15,17H2,1-2H3,(H,33,35)/t21?,25-/m0/s1. The molecule has 4 aromatic rings. The first-order valence-corrected chi connectivity index (χ1v) is 12.3. The second-order valence-corrected chi connectivity index (χ2v) is 9.53. The zero-order chi connectivity index (χ0) is 24.6. The van der Waals surface area contributed by atoms with Gasteiger partial charge in [0, 0.05) is 49.8 Å². The van der Waals surface area contributed by atoms with Crippen LogP contribution in [-0.4, -0.2) is 36.6 Å². The van der Waals surface area contributed by atoms with Crippen LogP contribution in [0, 0.1) is 0 Å². The first kappa shape index (κ1) is 22.3. The van der Waals surface area contributed by atoms with E-state index in [-0.39, 0.29) is 17.9 Å². The van der Waals surface area contributed by atoms with E-state index >= 15 is 0 Å². The number of nitrogens with one attached hydrogen (secondary N) is 1. The highest BCUT2D eigenvalue weighted by Gasteiger charge is 2.27. The highest BCUT2D eigenvalue weighted by atomic mass is 16.5. The molecule has 180 valence electrons. The molecule has 2 atom stereocenters. The summed E-state index contributed by atoms with van der Waals surface area (Å²) >= 11 is 0. The SMILES string of the molecule is CN(C)c1c(C(=O)N[C@H]2CCOc3ccccc32)cnc2c(C3CC=Cc4ccccc43)nccc12. The van der Waals surface area contributed by atoms with Crippen molar-refractivity contribution in [2.24, 2.45) is 0 Å². The van der Waals surface area contributed by atoms with Gasteiger partial charge in [0.25, 0.3) is 5.91 Å². The van der Waals surface area contributed by atoms with E-state index in [2.05, 4.69) is 41.7 Å². The second-order valence-electron chi connectivity index (χ2n) is 9.53. The summed E-state index contributed by atoms with van der Waals surface area (Å²) in [5.74, 6) is 0.811. The molecule has 6 heteroatoms. The third-order valence-electron chi connectivity index (χ3n) is 7.11. The van der Waals surface area contributed by atoms with Crippen molar-refractivity contribution in [1.82, 2.24) is 15.3 Å². The molecule has 0 bridgehead atoms. The maximum atomic E-state index is 13.6. The smallest absolute Gasteiger partial charge is 0.255 e. The molecule has 2 aromatic carbocycles. The molecule has 2 aliphatic rings. The van der Waals surface area contributed by atoms with Gasteiger partial charge in [-0.05, 0) is 29.7 Å². The highest BCUT2D eigenvalue weighted by molar-refractivity contribution is 6.07. The number of para-hydroxylation sites is 1. The fourth-order valence-electron chi connectivity index (χ4n) is 5.46. The Morgan fingerprint density at radius 1 is 1.03 bits per heavy atom. The van der Waals surface area contributed by atoms with E-state index in [9.17, 15) is 4.79 Å². The number of pyridine rings is 2. The molecule has 0 spiro atoms. The lowest BCUT2D eigenvalue weighted by atomic mass is 9.84. The molecule has 0 saturated heterocycles. The largest absolute Gasteiger partial charge is 0.493 e. The van der Waals surface area contributed by atoms with Gasteiger partial charge in [-0.2, -0.15) is 0 Å². The second kappa shape index (κ2) is 9.11. The van der Waals surface area contributed by atoms with Gasteiger partial charge in [0.15, 0.2) is 0 Å². The predicted molar refractivity (Wildman–Crippen MR) is 143 cm³/mol. The lowest BCUT2D eigenvalue weighted by Crippen LogP contribution is -2.33. The summed E-state index contributed by atoms with van der Waals surface area (Å²) in [5, 5.41) is 4.16. The number of anilines is 1. The molecule has 0 saturated carbocycles. The maximum absolute atomic E-state index is 13.6. The lowest BCUT2D eigenvalue weighted by molar-refractivity contribution is 0.0925. The first-order chi connectivity index (χ1) is 17.6. The number of carbonyl (C=O) groups is 1. The van der Waals surface area contributed by atoms with Crippen LogP contribution in [0.5, 0.6) is 5.75 Å². The third kappa shape index (κ3) is 3.79. The molecule has 1 amide bonds. The van der Waals surface area contributed by atoms with Crippen LogP contribution in [0.2, 0.25) is 0 Å². The van der Waals surface area contributed by atoms with Crippen LogP contribution in [0.25, 0.3) is 17.0 Å². The summed E-state index contributed by atoms with van der Waals surface area (Å²) in [6.07, 6.45) is 9.51. The summed E-state index contributed by atoms with van der Waals surface area (Å²) in [6.45, 7) is 0.574. The number of rotatable bonds is 4. The molecule has 3 heterocycles. The molecule has 0 fully saturated rings. The van der Waals surface area contributed by atoms with E-state index in [4.69, 9.17) is 14.7 Å². The summed E-state index contributed by atoms with van der Waals surface area (Å²) in [5.41, 5.74) is 6.66. The highest BCUT2D eigenvalue weighted by Crippen LogP contribution is 2.39. The van der Waals surface area contributed by atoms with Crippen LogP contribution < -0.4 is 15.0 Å². The number of nitrogens with zero attached hydrogens (tertiary/aromatic N) is 3. The molecule has 1 aliphatic heterocycles. The Bertz CT molecular complexity index is 1490. The van der Waals surface area contributed by atoms with Crippen molar-refractivity contribution in [2.75, 3.05) is 25.6 Å². The topological polar surface area (TPSA) is 67.4 Å². The van der Waals surface area contributed by atoms with E-state index < -0.39 is 0 Å². The Balaban J connectivity index is 1.41. The number of carbonyl (C=O) groups excluding carboxylic acids is 1. The molecule has 1 aliphatic carbocycles. The fraction of sp³-hybridized carbons (Fsp3) is 0.233. The van der Waals surface area contributed by atoms with Crippen LogP contribution in [0.4, 0.5) is 5.69 Å². The Hall–Kier alpha value is -4.19. The van der Waals surface area contributed by atoms with Crippen molar-refractivity contribution in [1.29, 1.82) is 0 Å². The van der Waals surface area contributed by atoms with Crippen molar-refractivity contribution < 1.29 is 9.53 Å². The predicted octanol–water partition coefficient (Wildman–Crippen LogP) is 5.50. The number of hydrogen-bond acceptors (Lipinski definition) is 5. The van der Waals surface area contributed by atoms with E-state index in [1.807, 2.05) is 55.5 Å². The summed E-state index contributed by atoms with van der Waals surface area (Å²) in [7, 11) is 3.93. The fourth-order valence-corrected chi connectivity index (χ4v) is 5.46. The Morgan fingerprint density at radius 2 is 1.83 bits per heavy atom. The number of benzene rings is 2. The average Bonchev–Trinajstić information content (AvgIpc) is 2.91. The van der Waals surface area contributed by atoms with Gasteiger partial charge in [0.1, 0.15) is 5.75 Å². The van der Waals surface area contributed by atoms with Gasteiger partial charge in [-0.3, -0.25) is 14.8 Å². The number of aromatic nitrogens is 2. The summed E-state index contributed by atoms with van der Waals surface area (Å²) < 4.78 is 5.77. The van der Waals surface area contributed by atoms with Gasteiger partial charge in [-0.1, -0.05) is 54.6 Å². The molecule has 2 aromatic heterocycles. The minimum atomic E-state index is -0.140. The van der Waals surface area contributed by atoms with Gasteiger partial charge in [0.2, 0.25) is 0 Å². The van der Waals surface area contributed by atoms with Crippen LogP contribution in [0.3, 0.4) is 0 Å². The molecular weight excluding hydrogens is 448 g/mol. The zero-order valence-electron chi connectivity index (χ0n) is 20.4. The van der Waals surface area contributed by atoms with Crippen molar-refractivity contribution in [3.8, 4) is 5.75 Å². The van der Waals surface area contributed by atoms with Crippen molar-refractivity contribution in [3.63, 3.8) is 0 Å². The normalized spacial score (nSPS) is 18.2. The number of allylic oxidation sites excluding steroid dienone is 1. The number of amides is 1. The van der Waals surface area contributed by atoms with Gasteiger partial charge in [-0.25, -0.2) is 0 Å². The molecule has 6 rings (SSSR count). The molecule has 36 heavy (non-hydrogen) atoms. The minimum absolute atomic E-state index is 0.105. The molecule has 1 unspecified atom stereocenters.